The number of nitrogens with zero attached hydrogens (tertiary/aromatic N) is 2. The molecule has 1 amide bonds. The van der Waals surface area contributed by atoms with E-state index in [2.05, 4.69) is 16.4 Å². The van der Waals surface area contributed by atoms with Crippen LogP contribution in [0, 0.1) is 11.3 Å². The SMILES string of the molecule is N#CC1(NC(=O)CSc2ccc(N)cn2)CCCCC1. The van der Waals surface area contributed by atoms with Gasteiger partial charge in [0, 0.05) is 0 Å². The van der Waals surface area contributed by atoms with E-state index in [1.165, 1.54) is 11.8 Å². The summed E-state index contributed by atoms with van der Waals surface area (Å²) in [5.41, 5.74) is 5.49. The molecular weight excluding hydrogens is 272 g/mol. The van der Waals surface area contributed by atoms with Crippen molar-refractivity contribution >= 4 is 23.4 Å². The lowest BCUT2D eigenvalue weighted by Gasteiger charge is -2.31. The van der Waals surface area contributed by atoms with Gasteiger partial charge < -0.3 is 11.1 Å². The summed E-state index contributed by atoms with van der Waals surface area (Å²) in [6.45, 7) is 0. The quantitative estimate of drug-likeness (QED) is 0.828. The van der Waals surface area contributed by atoms with Gasteiger partial charge in [-0.3, -0.25) is 4.79 Å². The maximum absolute atomic E-state index is 12.0. The summed E-state index contributed by atoms with van der Waals surface area (Å²) in [6, 6.07) is 5.82. The van der Waals surface area contributed by atoms with Gasteiger partial charge in [0.25, 0.3) is 0 Å². The third kappa shape index (κ3) is 3.87. The monoisotopic (exact) mass is 290 g/mol. The Hall–Kier alpha value is -1.74. The largest absolute Gasteiger partial charge is 0.397 e. The third-order valence-corrected chi connectivity index (χ3v) is 4.35. The molecular formula is C14H18N4OS. The van der Waals surface area contributed by atoms with Crippen molar-refractivity contribution in [2.75, 3.05) is 11.5 Å². The Morgan fingerprint density at radius 3 is 2.80 bits per heavy atom. The van der Waals surface area contributed by atoms with Crippen LogP contribution >= 0.6 is 11.8 Å². The second-order valence-electron chi connectivity index (χ2n) is 5.02. The van der Waals surface area contributed by atoms with E-state index in [-0.39, 0.29) is 11.7 Å². The van der Waals surface area contributed by atoms with Crippen molar-refractivity contribution in [3.8, 4) is 6.07 Å². The molecule has 0 aromatic carbocycles. The number of carbonyl (C=O) groups is 1. The minimum Gasteiger partial charge on any atom is -0.397 e. The van der Waals surface area contributed by atoms with Gasteiger partial charge in [0.05, 0.1) is 28.7 Å². The average Bonchev–Trinajstić information content (AvgIpc) is 2.47. The Morgan fingerprint density at radius 1 is 1.45 bits per heavy atom. The standard InChI is InChI=1S/C14H18N4OS/c15-10-14(6-2-1-3-7-14)18-12(19)9-20-13-5-4-11(16)8-17-13/h4-5,8H,1-3,6-7,9,16H2,(H,18,19). The molecule has 0 atom stereocenters. The molecule has 1 saturated carbocycles. The molecule has 1 fully saturated rings. The summed E-state index contributed by atoms with van der Waals surface area (Å²) in [6.07, 6.45) is 6.21. The van der Waals surface area contributed by atoms with Gasteiger partial charge in [-0.15, -0.1) is 0 Å². The zero-order chi connectivity index (χ0) is 14.4. The van der Waals surface area contributed by atoms with Crippen molar-refractivity contribution in [3.63, 3.8) is 0 Å². The summed E-state index contributed by atoms with van der Waals surface area (Å²) in [7, 11) is 0. The van der Waals surface area contributed by atoms with E-state index in [0.29, 0.717) is 5.69 Å². The first-order valence-electron chi connectivity index (χ1n) is 6.70. The van der Waals surface area contributed by atoms with Crippen LogP contribution in [0.3, 0.4) is 0 Å². The molecule has 0 spiro atoms. The normalized spacial score (nSPS) is 17.1. The van der Waals surface area contributed by atoms with Gasteiger partial charge in [-0.05, 0) is 25.0 Å². The van der Waals surface area contributed by atoms with Gasteiger partial charge in [-0.1, -0.05) is 31.0 Å². The Kier molecular flexibility index (Phi) is 4.85. The number of nitrogen functional groups attached to an aromatic ring is 1. The summed E-state index contributed by atoms with van der Waals surface area (Å²) in [5, 5.41) is 13.0. The predicted octanol–water partition coefficient (Wildman–Crippen LogP) is 2.10. The number of nitrogens with one attached hydrogen (secondary N) is 1. The molecule has 0 unspecified atom stereocenters. The number of hydrogen-bond acceptors (Lipinski definition) is 5. The van der Waals surface area contributed by atoms with Gasteiger partial charge in [-0.2, -0.15) is 5.26 Å². The molecule has 106 valence electrons. The predicted molar refractivity (Wildman–Crippen MR) is 78.9 cm³/mol. The molecule has 6 heteroatoms. The number of rotatable bonds is 4. The molecule has 5 nitrogen and oxygen atoms in total. The lowest BCUT2D eigenvalue weighted by Crippen LogP contribution is -2.49. The lowest BCUT2D eigenvalue weighted by atomic mass is 9.83. The van der Waals surface area contributed by atoms with Gasteiger partial charge in [0.2, 0.25) is 5.91 Å². The third-order valence-electron chi connectivity index (χ3n) is 3.41. The molecule has 0 saturated heterocycles. The van der Waals surface area contributed by atoms with Crippen LogP contribution in [-0.4, -0.2) is 22.2 Å². The van der Waals surface area contributed by atoms with E-state index in [1.54, 1.807) is 18.3 Å². The van der Waals surface area contributed by atoms with Gasteiger partial charge >= 0.3 is 0 Å². The highest BCUT2D eigenvalue weighted by Gasteiger charge is 2.33. The number of nitrogens with two attached hydrogens (primary N) is 1. The second kappa shape index (κ2) is 6.62. The molecule has 1 aliphatic rings. The Labute approximate surface area is 122 Å². The van der Waals surface area contributed by atoms with Crippen LogP contribution in [0.15, 0.2) is 23.4 Å². The average molecular weight is 290 g/mol. The molecule has 1 aromatic heterocycles. The van der Waals surface area contributed by atoms with Crippen LogP contribution in [-0.2, 0) is 4.79 Å². The molecule has 20 heavy (non-hydrogen) atoms. The molecule has 0 radical (unpaired) electrons. The highest BCUT2D eigenvalue weighted by Crippen LogP contribution is 2.27. The number of thioether (sulfide) groups is 1. The fourth-order valence-electron chi connectivity index (χ4n) is 2.34. The van der Waals surface area contributed by atoms with Crippen LogP contribution in [0.5, 0.6) is 0 Å². The highest BCUT2D eigenvalue weighted by molar-refractivity contribution is 7.99. The van der Waals surface area contributed by atoms with Gasteiger partial charge in [-0.25, -0.2) is 4.98 Å². The van der Waals surface area contributed by atoms with E-state index in [0.717, 1.165) is 37.1 Å². The summed E-state index contributed by atoms with van der Waals surface area (Å²) in [5.74, 6) is 0.150. The summed E-state index contributed by atoms with van der Waals surface area (Å²) >= 11 is 1.35. The van der Waals surface area contributed by atoms with Crippen LogP contribution in [0.25, 0.3) is 0 Å². The summed E-state index contributed by atoms with van der Waals surface area (Å²) in [4.78, 5) is 16.1. The number of pyridine rings is 1. The van der Waals surface area contributed by atoms with Crippen LogP contribution < -0.4 is 11.1 Å². The fourth-order valence-corrected chi connectivity index (χ4v) is 2.98. The first-order chi connectivity index (χ1) is 9.63. The number of hydrogen-bond donors (Lipinski definition) is 2. The molecule has 1 aliphatic carbocycles. The van der Waals surface area contributed by atoms with E-state index in [9.17, 15) is 10.1 Å². The molecule has 0 bridgehead atoms. The minimum atomic E-state index is -0.662. The van der Waals surface area contributed by atoms with E-state index in [1.807, 2.05) is 0 Å². The van der Waals surface area contributed by atoms with E-state index >= 15 is 0 Å². The highest BCUT2D eigenvalue weighted by atomic mass is 32.2. The Morgan fingerprint density at radius 2 is 2.20 bits per heavy atom. The maximum atomic E-state index is 12.0. The van der Waals surface area contributed by atoms with Gasteiger partial charge in [0.1, 0.15) is 5.54 Å². The number of anilines is 1. The van der Waals surface area contributed by atoms with Crippen LogP contribution in [0.2, 0.25) is 0 Å². The minimum absolute atomic E-state index is 0.114. The van der Waals surface area contributed by atoms with E-state index < -0.39 is 5.54 Å². The van der Waals surface area contributed by atoms with Crippen LogP contribution in [0.4, 0.5) is 5.69 Å². The second-order valence-corrected chi connectivity index (χ2v) is 6.02. The Balaban J connectivity index is 1.85. The smallest absolute Gasteiger partial charge is 0.231 e. The Bertz CT molecular complexity index is 503. The maximum Gasteiger partial charge on any atom is 0.231 e. The first-order valence-corrected chi connectivity index (χ1v) is 7.69. The molecule has 3 N–H and O–H groups in total. The van der Waals surface area contributed by atoms with Crippen molar-refractivity contribution in [1.82, 2.24) is 10.3 Å². The molecule has 1 heterocycles. The molecule has 0 aliphatic heterocycles. The van der Waals surface area contributed by atoms with Gasteiger partial charge in [0.15, 0.2) is 0 Å². The van der Waals surface area contributed by atoms with Crippen molar-refractivity contribution in [1.29, 1.82) is 5.26 Å². The number of aromatic nitrogens is 1. The van der Waals surface area contributed by atoms with Crippen molar-refractivity contribution in [3.05, 3.63) is 18.3 Å². The number of amides is 1. The first kappa shape index (κ1) is 14.7. The van der Waals surface area contributed by atoms with E-state index in [4.69, 9.17) is 5.73 Å². The number of carbonyl (C=O) groups excluding carboxylic acids is 1. The van der Waals surface area contributed by atoms with Crippen molar-refractivity contribution in [2.24, 2.45) is 0 Å². The summed E-state index contributed by atoms with van der Waals surface area (Å²) < 4.78 is 0. The fraction of sp³-hybridized carbons (Fsp3) is 0.500. The number of nitriles is 1. The van der Waals surface area contributed by atoms with Crippen LogP contribution in [0.1, 0.15) is 32.1 Å². The molecule has 1 aromatic rings. The zero-order valence-corrected chi connectivity index (χ0v) is 12.1. The molecule has 2 rings (SSSR count). The topological polar surface area (TPSA) is 91.8 Å². The zero-order valence-electron chi connectivity index (χ0n) is 11.3. The van der Waals surface area contributed by atoms with Crippen molar-refractivity contribution in [2.45, 2.75) is 42.7 Å². The van der Waals surface area contributed by atoms with Crippen molar-refractivity contribution < 1.29 is 4.79 Å². The lowest BCUT2D eigenvalue weighted by molar-refractivity contribution is -0.120.